The summed E-state index contributed by atoms with van der Waals surface area (Å²) in [5.74, 6) is 1.39. The molecule has 0 saturated carbocycles. The number of carbonyl (C=O) groups excluding carboxylic acids is 1. The van der Waals surface area contributed by atoms with Gasteiger partial charge in [0.25, 0.3) is 0 Å². The normalized spacial score (nSPS) is 20.9. The Kier molecular flexibility index (Phi) is 5.82. The topological polar surface area (TPSA) is 107 Å². The van der Waals surface area contributed by atoms with Crippen molar-refractivity contribution in [1.82, 2.24) is 33.9 Å². The summed E-state index contributed by atoms with van der Waals surface area (Å²) in [4.78, 5) is 25.7. The van der Waals surface area contributed by atoms with Gasteiger partial charge in [0.15, 0.2) is 5.65 Å². The van der Waals surface area contributed by atoms with Crippen LogP contribution in [0, 0.1) is 18.8 Å². The van der Waals surface area contributed by atoms with Crippen LogP contribution in [0.5, 0.6) is 0 Å². The number of nitrogens with zero attached hydrogens (tertiary/aromatic N) is 7. The number of anilines is 1. The highest BCUT2D eigenvalue weighted by Gasteiger charge is 2.43. The molecule has 2 saturated heterocycles. The number of amides is 1. The van der Waals surface area contributed by atoms with Gasteiger partial charge in [0.1, 0.15) is 17.7 Å². The second kappa shape index (κ2) is 8.97. The molecule has 2 fully saturated rings. The van der Waals surface area contributed by atoms with E-state index in [2.05, 4.69) is 56.7 Å². The number of likely N-dealkylation sites (tertiary alicyclic amines) is 2. The molecule has 0 radical (unpaired) electrons. The van der Waals surface area contributed by atoms with Crippen molar-refractivity contribution < 1.29 is 9.53 Å². The summed E-state index contributed by atoms with van der Waals surface area (Å²) in [6, 6.07) is 8.50. The van der Waals surface area contributed by atoms with Gasteiger partial charge in [0.05, 0.1) is 17.1 Å². The number of carbonyl (C=O) groups is 1. The lowest BCUT2D eigenvalue weighted by Gasteiger charge is -2.26. The van der Waals surface area contributed by atoms with Gasteiger partial charge in [-0.05, 0) is 70.2 Å². The van der Waals surface area contributed by atoms with Crippen molar-refractivity contribution in [3.05, 3.63) is 53.7 Å². The average molecular weight is 517 g/mol. The Bertz CT molecular complexity index is 1500. The summed E-state index contributed by atoms with van der Waals surface area (Å²) in [5.41, 5.74) is 10.9. The molecule has 38 heavy (non-hydrogen) atoms. The average Bonchev–Trinajstić information content (AvgIpc) is 3.59. The molecule has 6 heterocycles. The van der Waals surface area contributed by atoms with Crippen molar-refractivity contribution in [2.45, 2.75) is 52.8 Å². The molecule has 10 heteroatoms. The third-order valence-corrected chi connectivity index (χ3v) is 7.92. The maximum Gasteiger partial charge on any atom is 0.410 e. The van der Waals surface area contributed by atoms with Crippen molar-refractivity contribution in [2.75, 3.05) is 31.9 Å². The summed E-state index contributed by atoms with van der Waals surface area (Å²) in [6.45, 7) is 14.1. The number of nitrogens with two attached hydrogens (primary N) is 1. The molecule has 0 aliphatic carbocycles. The Morgan fingerprint density at radius 2 is 1.89 bits per heavy atom. The molecule has 1 amide bonds. The third-order valence-electron chi connectivity index (χ3n) is 7.92. The molecule has 0 spiro atoms. The summed E-state index contributed by atoms with van der Waals surface area (Å²) < 4.78 is 9.87. The summed E-state index contributed by atoms with van der Waals surface area (Å²) in [7, 11) is 0. The lowest BCUT2D eigenvalue weighted by atomic mass is 10.0. The van der Waals surface area contributed by atoms with E-state index >= 15 is 0 Å². The van der Waals surface area contributed by atoms with Crippen LogP contribution in [0.4, 0.5) is 10.6 Å². The Morgan fingerprint density at radius 1 is 1.16 bits per heavy atom. The SMILES string of the molecule is Cc1nn(C(C)c2cc3ccccn3c2CN2C[C@@H]3CN(C(=O)OC(C)(C)C)C[C@@H]3C2)c2ncnc(N)c12. The number of aryl methyl sites for hydroxylation is 1. The van der Waals surface area contributed by atoms with Crippen LogP contribution in [-0.2, 0) is 11.3 Å². The first-order valence-electron chi connectivity index (χ1n) is 13.3. The van der Waals surface area contributed by atoms with E-state index in [1.165, 1.54) is 17.6 Å². The number of hydrogen-bond acceptors (Lipinski definition) is 7. The van der Waals surface area contributed by atoms with Gasteiger partial charge < -0.3 is 19.8 Å². The van der Waals surface area contributed by atoms with Crippen LogP contribution in [-0.4, -0.2) is 71.8 Å². The van der Waals surface area contributed by atoms with E-state index in [0.717, 1.165) is 55.0 Å². The highest BCUT2D eigenvalue weighted by Crippen LogP contribution is 2.35. The van der Waals surface area contributed by atoms with Crippen molar-refractivity contribution >= 4 is 28.5 Å². The van der Waals surface area contributed by atoms with Gasteiger partial charge in [-0.15, -0.1) is 0 Å². The van der Waals surface area contributed by atoms with Crippen LogP contribution in [0.25, 0.3) is 16.6 Å². The number of ether oxygens (including phenoxy) is 1. The second-order valence-corrected chi connectivity index (χ2v) is 11.8. The van der Waals surface area contributed by atoms with Crippen LogP contribution < -0.4 is 5.73 Å². The standard InChI is InChI=1S/C28H36N8O2/c1-17-24-25(29)30-16-31-26(24)36(32-17)18(2)22-10-21-8-6-7-9-35(21)23(22)15-33-11-19-13-34(14-20(19)12-33)27(37)38-28(3,4)5/h6-10,16,18-20H,11-15H2,1-5H3,(H2,29,30,31)/t18?,19-,20+. The molecule has 10 nitrogen and oxygen atoms in total. The molecule has 1 unspecified atom stereocenters. The van der Waals surface area contributed by atoms with Crippen LogP contribution >= 0.6 is 0 Å². The minimum Gasteiger partial charge on any atom is -0.444 e. The smallest absolute Gasteiger partial charge is 0.410 e. The number of aromatic nitrogens is 5. The lowest BCUT2D eigenvalue weighted by Crippen LogP contribution is -2.37. The molecular formula is C28H36N8O2. The zero-order valence-corrected chi connectivity index (χ0v) is 22.8. The van der Waals surface area contributed by atoms with Gasteiger partial charge >= 0.3 is 6.09 Å². The summed E-state index contributed by atoms with van der Waals surface area (Å²) in [6.07, 6.45) is 3.44. The summed E-state index contributed by atoms with van der Waals surface area (Å²) >= 11 is 0. The van der Waals surface area contributed by atoms with E-state index in [-0.39, 0.29) is 12.1 Å². The van der Waals surface area contributed by atoms with Crippen molar-refractivity contribution in [1.29, 1.82) is 0 Å². The monoisotopic (exact) mass is 516 g/mol. The first-order chi connectivity index (χ1) is 18.1. The predicted octanol–water partition coefficient (Wildman–Crippen LogP) is 3.88. The Morgan fingerprint density at radius 3 is 2.61 bits per heavy atom. The van der Waals surface area contributed by atoms with E-state index in [4.69, 9.17) is 15.6 Å². The number of fused-ring (bicyclic) bond motifs is 3. The zero-order chi connectivity index (χ0) is 26.8. The Balaban J connectivity index is 1.26. The maximum absolute atomic E-state index is 12.6. The highest BCUT2D eigenvalue weighted by molar-refractivity contribution is 5.88. The molecule has 0 bridgehead atoms. The Labute approximate surface area is 222 Å². The number of hydrogen-bond donors (Lipinski definition) is 1. The Hall–Kier alpha value is -3.66. The summed E-state index contributed by atoms with van der Waals surface area (Å²) in [5, 5.41) is 5.64. The van der Waals surface area contributed by atoms with Gasteiger partial charge in [0, 0.05) is 50.1 Å². The molecule has 6 rings (SSSR count). The minimum absolute atomic E-state index is 0.0415. The van der Waals surface area contributed by atoms with E-state index in [1.807, 2.05) is 37.3 Å². The fourth-order valence-electron chi connectivity index (χ4n) is 6.21. The fraction of sp³-hybridized carbons (Fsp3) is 0.500. The highest BCUT2D eigenvalue weighted by atomic mass is 16.6. The molecule has 4 aromatic rings. The van der Waals surface area contributed by atoms with Gasteiger partial charge in [0.2, 0.25) is 0 Å². The number of nitrogen functional groups attached to an aromatic ring is 1. The predicted molar refractivity (Wildman–Crippen MR) is 146 cm³/mol. The minimum atomic E-state index is -0.472. The molecule has 3 atom stereocenters. The fourth-order valence-corrected chi connectivity index (χ4v) is 6.21. The van der Waals surface area contributed by atoms with Gasteiger partial charge in [-0.1, -0.05) is 6.07 Å². The number of rotatable bonds is 4. The van der Waals surface area contributed by atoms with Crippen molar-refractivity contribution in [2.24, 2.45) is 11.8 Å². The zero-order valence-electron chi connectivity index (χ0n) is 22.8. The molecular weight excluding hydrogens is 480 g/mol. The van der Waals surface area contributed by atoms with E-state index in [9.17, 15) is 4.79 Å². The molecule has 0 aromatic carbocycles. The lowest BCUT2D eigenvalue weighted by molar-refractivity contribution is 0.0274. The maximum atomic E-state index is 12.6. The number of pyridine rings is 1. The van der Waals surface area contributed by atoms with Gasteiger partial charge in [-0.25, -0.2) is 19.4 Å². The van der Waals surface area contributed by atoms with Crippen LogP contribution in [0.1, 0.15) is 50.7 Å². The van der Waals surface area contributed by atoms with Crippen LogP contribution in [0.3, 0.4) is 0 Å². The van der Waals surface area contributed by atoms with Crippen molar-refractivity contribution in [3.8, 4) is 0 Å². The quantitative estimate of drug-likeness (QED) is 0.439. The second-order valence-electron chi connectivity index (χ2n) is 11.8. The largest absolute Gasteiger partial charge is 0.444 e. The molecule has 200 valence electrons. The van der Waals surface area contributed by atoms with Gasteiger partial charge in [-0.3, -0.25) is 4.90 Å². The van der Waals surface area contributed by atoms with Gasteiger partial charge in [-0.2, -0.15) is 5.10 Å². The van der Waals surface area contributed by atoms with E-state index < -0.39 is 5.60 Å². The molecule has 2 aliphatic rings. The van der Waals surface area contributed by atoms with Crippen molar-refractivity contribution in [3.63, 3.8) is 0 Å². The van der Waals surface area contributed by atoms with E-state index in [0.29, 0.717) is 17.7 Å². The van der Waals surface area contributed by atoms with Crippen LogP contribution in [0.15, 0.2) is 36.8 Å². The first kappa shape index (κ1) is 24.7. The molecule has 4 aromatic heterocycles. The van der Waals surface area contributed by atoms with E-state index in [1.54, 1.807) is 0 Å². The van der Waals surface area contributed by atoms with Crippen LogP contribution in [0.2, 0.25) is 0 Å². The molecule has 2 N–H and O–H groups in total. The third kappa shape index (κ3) is 4.26. The first-order valence-corrected chi connectivity index (χ1v) is 13.3. The molecule has 2 aliphatic heterocycles.